The van der Waals surface area contributed by atoms with Crippen molar-refractivity contribution in [2.45, 2.75) is 63.2 Å². The molecule has 4 rings (SSSR count). The molecule has 0 radical (unpaired) electrons. The summed E-state index contributed by atoms with van der Waals surface area (Å²) in [5.41, 5.74) is 0. The van der Waals surface area contributed by atoms with E-state index in [1.165, 1.54) is 44.9 Å². The summed E-state index contributed by atoms with van der Waals surface area (Å²) >= 11 is 0. The summed E-state index contributed by atoms with van der Waals surface area (Å²) in [7, 11) is 3.59. The minimum Gasteiger partial charge on any atom is -0.374 e. The molecule has 4 aliphatic rings. The lowest BCUT2D eigenvalue weighted by Crippen LogP contribution is -2.47. The van der Waals surface area contributed by atoms with Crippen LogP contribution < -0.4 is 5.32 Å². The number of hydrogen-bond acceptors (Lipinski definition) is 3. The van der Waals surface area contributed by atoms with Crippen LogP contribution in [0.4, 0.5) is 0 Å². The Bertz CT molecular complexity index is 512. The van der Waals surface area contributed by atoms with Crippen LogP contribution in [-0.2, 0) is 9.53 Å². The van der Waals surface area contributed by atoms with E-state index in [-0.39, 0.29) is 12.5 Å². The monoisotopic (exact) mass is 348 g/mol. The van der Waals surface area contributed by atoms with Gasteiger partial charge >= 0.3 is 0 Å². The highest BCUT2D eigenvalue weighted by Gasteiger charge is 2.53. The molecule has 4 fully saturated rings. The molecule has 140 valence electrons. The second-order valence-electron chi connectivity index (χ2n) is 8.43. The van der Waals surface area contributed by atoms with E-state index in [4.69, 9.17) is 9.73 Å². The number of aliphatic imine (C=N–C) groups is 1. The van der Waals surface area contributed by atoms with Crippen molar-refractivity contribution in [3.8, 4) is 0 Å². The smallest absolute Gasteiger partial charge is 0.243 e. The second kappa shape index (κ2) is 7.14. The Hall–Kier alpha value is -1.30. The molecule has 0 spiro atoms. The summed E-state index contributed by atoms with van der Waals surface area (Å²) < 4.78 is 6.10. The Balaban J connectivity index is 1.45. The highest BCUT2D eigenvalue weighted by molar-refractivity contribution is 5.85. The predicted octanol–water partition coefficient (Wildman–Crippen LogP) is 1.46. The van der Waals surface area contributed by atoms with Crippen molar-refractivity contribution in [3.05, 3.63) is 0 Å². The maximum atomic E-state index is 12.0. The number of ether oxygens (including phenoxy) is 1. The van der Waals surface area contributed by atoms with Crippen molar-refractivity contribution < 1.29 is 9.53 Å². The van der Waals surface area contributed by atoms with Gasteiger partial charge in [-0.25, -0.2) is 4.99 Å². The quantitative estimate of drug-likeness (QED) is 0.620. The lowest BCUT2D eigenvalue weighted by atomic mass is 9.82. The molecule has 25 heavy (non-hydrogen) atoms. The first-order valence-electron chi connectivity index (χ1n) is 10.0. The molecule has 0 aromatic heterocycles. The fraction of sp³-hybridized carbons (Fsp3) is 0.895. The van der Waals surface area contributed by atoms with Gasteiger partial charge in [0.05, 0.1) is 12.2 Å². The van der Waals surface area contributed by atoms with Crippen LogP contribution in [0.15, 0.2) is 4.99 Å². The van der Waals surface area contributed by atoms with E-state index < -0.39 is 0 Å². The first-order valence-corrected chi connectivity index (χ1v) is 10.0. The van der Waals surface area contributed by atoms with Crippen molar-refractivity contribution in [2.75, 3.05) is 33.7 Å². The van der Waals surface area contributed by atoms with Gasteiger partial charge in [-0.3, -0.25) is 4.79 Å². The molecule has 3 heterocycles. The first kappa shape index (κ1) is 17.1. The minimum absolute atomic E-state index is 0.0609. The van der Waals surface area contributed by atoms with Gasteiger partial charge < -0.3 is 19.9 Å². The topological polar surface area (TPSA) is 57.2 Å². The number of likely N-dealkylation sites (tertiary alicyclic amines) is 1. The number of nitrogens with zero attached hydrogens (tertiary/aromatic N) is 3. The van der Waals surface area contributed by atoms with Gasteiger partial charge in [-0.1, -0.05) is 19.3 Å². The third-order valence-electron chi connectivity index (χ3n) is 6.55. The van der Waals surface area contributed by atoms with E-state index >= 15 is 0 Å². The molecular formula is C19H32N4O2. The summed E-state index contributed by atoms with van der Waals surface area (Å²) in [5.74, 6) is 2.32. The molecule has 4 atom stereocenters. The van der Waals surface area contributed by atoms with Crippen molar-refractivity contribution in [3.63, 3.8) is 0 Å². The molecule has 0 aromatic rings. The van der Waals surface area contributed by atoms with E-state index in [0.29, 0.717) is 30.1 Å². The van der Waals surface area contributed by atoms with Crippen molar-refractivity contribution in [1.82, 2.24) is 15.1 Å². The minimum atomic E-state index is 0.0609. The number of carbonyl (C=O) groups is 1. The van der Waals surface area contributed by atoms with Crippen molar-refractivity contribution in [1.29, 1.82) is 0 Å². The number of likely N-dealkylation sites (N-methyl/N-ethyl adjacent to an activating group) is 1. The number of nitrogens with one attached hydrogen (secondary N) is 1. The zero-order chi connectivity index (χ0) is 17.4. The predicted molar refractivity (Wildman–Crippen MR) is 97.5 cm³/mol. The lowest BCUT2D eigenvalue weighted by Gasteiger charge is -2.30. The van der Waals surface area contributed by atoms with E-state index in [2.05, 4.69) is 10.2 Å². The third kappa shape index (κ3) is 3.50. The first-order chi connectivity index (χ1) is 12.1. The molecule has 6 heteroatoms. The number of amides is 1. The molecule has 6 nitrogen and oxygen atoms in total. The fourth-order valence-corrected chi connectivity index (χ4v) is 5.08. The molecule has 1 amide bonds. The van der Waals surface area contributed by atoms with E-state index in [0.717, 1.165) is 19.0 Å². The van der Waals surface area contributed by atoms with Crippen LogP contribution in [0.25, 0.3) is 0 Å². The average Bonchev–Trinajstić information content (AvgIpc) is 3.31. The van der Waals surface area contributed by atoms with Gasteiger partial charge in [0.15, 0.2) is 5.96 Å². The van der Waals surface area contributed by atoms with Crippen LogP contribution in [0.3, 0.4) is 0 Å². The Labute approximate surface area is 151 Å². The molecule has 0 aromatic carbocycles. The highest BCUT2D eigenvalue weighted by atomic mass is 16.5. The van der Waals surface area contributed by atoms with Gasteiger partial charge in [-0.15, -0.1) is 0 Å². The van der Waals surface area contributed by atoms with Crippen molar-refractivity contribution in [2.24, 2.45) is 16.8 Å². The van der Waals surface area contributed by atoms with Gasteiger partial charge in [0.1, 0.15) is 6.54 Å². The van der Waals surface area contributed by atoms with Gasteiger partial charge in [0.2, 0.25) is 5.91 Å². The zero-order valence-corrected chi connectivity index (χ0v) is 15.6. The highest BCUT2D eigenvalue weighted by Crippen LogP contribution is 2.47. The number of carbonyl (C=O) groups excluding carboxylic acids is 1. The molecule has 0 unspecified atom stereocenters. The number of fused-ring (bicyclic) bond motifs is 5. The molecule has 1 N–H and O–H groups in total. The van der Waals surface area contributed by atoms with Gasteiger partial charge in [0.25, 0.3) is 0 Å². The zero-order valence-electron chi connectivity index (χ0n) is 15.6. The largest absolute Gasteiger partial charge is 0.374 e. The lowest BCUT2D eigenvalue weighted by molar-refractivity contribution is -0.127. The molecule has 3 saturated heterocycles. The Morgan fingerprint density at radius 1 is 1.08 bits per heavy atom. The SMILES string of the molecule is CN(C)C(=O)CN=C(NC1CCCCC1)N1C[C@@H]2[C@H](C1)[C@H]1CC[C@H]2O1. The normalized spacial score (nSPS) is 35.1. The molecule has 1 saturated carbocycles. The van der Waals surface area contributed by atoms with Crippen LogP contribution in [0.2, 0.25) is 0 Å². The van der Waals surface area contributed by atoms with Crippen LogP contribution >= 0.6 is 0 Å². The number of guanidine groups is 1. The Morgan fingerprint density at radius 3 is 2.32 bits per heavy atom. The Kier molecular flexibility index (Phi) is 4.89. The molecule has 1 aliphatic carbocycles. The summed E-state index contributed by atoms with van der Waals surface area (Å²) in [6.07, 6.45) is 9.74. The fourth-order valence-electron chi connectivity index (χ4n) is 5.08. The van der Waals surface area contributed by atoms with Crippen LogP contribution in [-0.4, -0.2) is 73.6 Å². The molecule has 2 bridgehead atoms. The second-order valence-corrected chi connectivity index (χ2v) is 8.43. The van der Waals surface area contributed by atoms with Gasteiger partial charge in [0, 0.05) is 45.1 Å². The summed E-state index contributed by atoms with van der Waals surface area (Å²) in [6.45, 7) is 2.29. The maximum absolute atomic E-state index is 12.0. The molecule has 3 aliphatic heterocycles. The van der Waals surface area contributed by atoms with E-state index in [1.807, 2.05) is 0 Å². The van der Waals surface area contributed by atoms with Gasteiger partial charge in [-0.05, 0) is 25.7 Å². The Morgan fingerprint density at radius 2 is 1.72 bits per heavy atom. The van der Waals surface area contributed by atoms with Gasteiger partial charge in [-0.2, -0.15) is 0 Å². The van der Waals surface area contributed by atoms with Crippen molar-refractivity contribution >= 4 is 11.9 Å². The standard InChI is InChI=1S/C19H32N4O2/c1-22(2)18(24)10-20-19(21-13-6-4-3-5-7-13)23-11-14-15(12-23)17-9-8-16(14)25-17/h13-17H,3-12H2,1-2H3,(H,20,21)/t14-,15+,16-,17-/m1/s1. The average molecular weight is 348 g/mol. The van der Waals surface area contributed by atoms with Crippen LogP contribution in [0, 0.1) is 11.8 Å². The molecular weight excluding hydrogens is 316 g/mol. The number of rotatable bonds is 3. The summed E-state index contributed by atoms with van der Waals surface area (Å²) in [5, 5.41) is 3.70. The maximum Gasteiger partial charge on any atom is 0.243 e. The summed E-state index contributed by atoms with van der Waals surface area (Å²) in [6, 6.07) is 0.510. The van der Waals surface area contributed by atoms with E-state index in [1.54, 1.807) is 19.0 Å². The number of hydrogen-bond donors (Lipinski definition) is 1. The summed E-state index contributed by atoms with van der Waals surface area (Å²) in [4.78, 5) is 20.8. The van der Waals surface area contributed by atoms with Crippen LogP contribution in [0.1, 0.15) is 44.9 Å². The van der Waals surface area contributed by atoms with Crippen LogP contribution in [0.5, 0.6) is 0 Å². The third-order valence-corrected chi connectivity index (χ3v) is 6.55. The van der Waals surface area contributed by atoms with E-state index in [9.17, 15) is 4.79 Å².